The lowest BCUT2D eigenvalue weighted by atomic mass is 10.1. The average molecular weight is 545 g/mol. The third-order valence-electron chi connectivity index (χ3n) is 5.30. The summed E-state index contributed by atoms with van der Waals surface area (Å²) in [5, 5.41) is 3.36. The zero-order valence-corrected chi connectivity index (χ0v) is 21.4. The molecule has 2 heterocycles. The quantitative estimate of drug-likeness (QED) is 0.217. The Morgan fingerprint density at radius 1 is 1.08 bits per heavy atom. The maximum Gasteiger partial charge on any atom is 0.373 e. The Morgan fingerprint density at radius 2 is 1.86 bits per heavy atom. The van der Waals surface area contributed by atoms with E-state index >= 15 is 0 Å². The molecule has 1 N–H and O–H groups in total. The number of esters is 1. The molecule has 0 radical (unpaired) electrons. The van der Waals surface area contributed by atoms with Gasteiger partial charge in [-0.05, 0) is 48.9 Å². The third-order valence-corrected chi connectivity index (χ3v) is 5.95. The van der Waals surface area contributed by atoms with E-state index in [1.807, 2.05) is 25.1 Å². The molecule has 37 heavy (non-hydrogen) atoms. The lowest BCUT2D eigenvalue weighted by molar-refractivity contribution is -0.123. The standard InChI is InChI=1S/C26H22Cl2N2O7/c1-3-35-22-12-15(10-19(28)23(22)36-14-16-6-4-5-7-18(16)27)11-20-24(31)30(26(33)29-20)13-17-8-9-21(37-17)25(32)34-2/h4-12H,3,13-14H2,1-2H3,(H,29,33)/b20-11-. The fourth-order valence-electron chi connectivity index (χ4n) is 3.55. The van der Waals surface area contributed by atoms with Crippen molar-refractivity contribution in [1.29, 1.82) is 0 Å². The second-order valence-corrected chi connectivity index (χ2v) is 8.59. The van der Waals surface area contributed by atoms with Crippen molar-refractivity contribution < 1.29 is 33.0 Å². The fourth-order valence-corrected chi connectivity index (χ4v) is 4.01. The Balaban J connectivity index is 1.53. The zero-order valence-electron chi connectivity index (χ0n) is 19.9. The van der Waals surface area contributed by atoms with E-state index < -0.39 is 17.9 Å². The first-order valence-corrected chi connectivity index (χ1v) is 11.9. The lowest BCUT2D eigenvalue weighted by Crippen LogP contribution is -2.30. The van der Waals surface area contributed by atoms with E-state index in [9.17, 15) is 14.4 Å². The highest BCUT2D eigenvalue weighted by Crippen LogP contribution is 2.38. The van der Waals surface area contributed by atoms with Gasteiger partial charge in [0.15, 0.2) is 11.5 Å². The number of urea groups is 1. The number of hydrogen-bond donors (Lipinski definition) is 1. The molecule has 0 spiro atoms. The van der Waals surface area contributed by atoms with Gasteiger partial charge in [0.1, 0.15) is 18.1 Å². The molecule has 192 valence electrons. The zero-order chi connectivity index (χ0) is 26.5. The maximum atomic E-state index is 12.9. The van der Waals surface area contributed by atoms with Crippen molar-refractivity contribution in [3.05, 3.63) is 86.9 Å². The average Bonchev–Trinajstić information content (AvgIpc) is 3.44. The van der Waals surface area contributed by atoms with E-state index in [2.05, 4.69) is 10.1 Å². The molecule has 1 fully saturated rings. The molecule has 0 saturated carbocycles. The van der Waals surface area contributed by atoms with Crippen molar-refractivity contribution in [2.24, 2.45) is 0 Å². The maximum absolute atomic E-state index is 12.9. The van der Waals surface area contributed by atoms with Crippen molar-refractivity contribution in [2.75, 3.05) is 13.7 Å². The van der Waals surface area contributed by atoms with Crippen LogP contribution >= 0.6 is 23.2 Å². The summed E-state index contributed by atoms with van der Waals surface area (Å²) in [6.45, 7) is 2.17. The highest BCUT2D eigenvalue weighted by Gasteiger charge is 2.34. The molecule has 9 nitrogen and oxygen atoms in total. The summed E-state index contributed by atoms with van der Waals surface area (Å²) in [7, 11) is 1.22. The van der Waals surface area contributed by atoms with Crippen LogP contribution in [-0.2, 0) is 22.7 Å². The number of amides is 3. The van der Waals surface area contributed by atoms with Crippen molar-refractivity contribution in [2.45, 2.75) is 20.1 Å². The number of ether oxygens (including phenoxy) is 3. The van der Waals surface area contributed by atoms with E-state index in [0.717, 1.165) is 10.5 Å². The first-order valence-electron chi connectivity index (χ1n) is 11.1. The summed E-state index contributed by atoms with van der Waals surface area (Å²) < 4.78 is 21.6. The number of halogens is 2. The summed E-state index contributed by atoms with van der Waals surface area (Å²) in [5.74, 6) is -0.330. The predicted octanol–water partition coefficient (Wildman–Crippen LogP) is 5.44. The first kappa shape index (κ1) is 26.1. The number of rotatable bonds is 9. The minimum Gasteiger partial charge on any atom is -0.490 e. The molecule has 0 bridgehead atoms. The summed E-state index contributed by atoms with van der Waals surface area (Å²) in [6, 6.07) is 12.8. The molecule has 2 aromatic carbocycles. The molecule has 1 aliphatic heterocycles. The first-order chi connectivity index (χ1) is 17.8. The third kappa shape index (κ3) is 5.90. The van der Waals surface area contributed by atoms with Crippen LogP contribution in [0.25, 0.3) is 6.08 Å². The Bertz CT molecular complexity index is 1380. The van der Waals surface area contributed by atoms with Crippen molar-refractivity contribution in [3.63, 3.8) is 0 Å². The van der Waals surface area contributed by atoms with Gasteiger partial charge < -0.3 is 23.9 Å². The fraction of sp³-hybridized carbons (Fsp3) is 0.192. The molecule has 0 aliphatic carbocycles. The van der Waals surface area contributed by atoms with Crippen LogP contribution in [0.2, 0.25) is 10.0 Å². The molecule has 1 aliphatic rings. The van der Waals surface area contributed by atoms with Crippen LogP contribution < -0.4 is 14.8 Å². The Hall–Kier alpha value is -3.95. The molecule has 4 rings (SSSR count). The van der Waals surface area contributed by atoms with Crippen LogP contribution in [0, 0.1) is 0 Å². The molecule has 3 aromatic rings. The van der Waals surface area contributed by atoms with Gasteiger partial charge in [-0.15, -0.1) is 0 Å². The highest BCUT2D eigenvalue weighted by molar-refractivity contribution is 6.32. The number of carbonyl (C=O) groups excluding carboxylic acids is 3. The summed E-state index contributed by atoms with van der Waals surface area (Å²) >= 11 is 12.7. The van der Waals surface area contributed by atoms with Crippen molar-refractivity contribution >= 4 is 47.2 Å². The Morgan fingerprint density at radius 3 is 2.59 bits per heavy atom. The van der Waals surface area contributed by atoms with Crippen LogP contribution in [0.15, 0.2) is 58.6 Å². The SMILES string of the molecule is CCOc1cc(/C=C2\NC(=O)N(Cc3ccc(C(=O)OC)o3)C2=O)cc(Cl)c1OCc1ccccc1Cl. The number of carbonyl (C=O) groups is 3. The normalized spacial score (nSPS) is 14.2. The van der Waals surface area contributed by atoms with Gasteiger partial charge in [-0.1, -0.05) is 41.4 Å². The van der Waals surface area contributed by atoms with Gasteiger partial charge in [0.25, 0.3) is 5.91 Å². The van der Waals surface area contributed by atoms with Gasteiger partial charge in [-0.2, -0.15) is 0 Å². The van der Waals surface area contributed by atoms with Crippen LogP contribution in [-0.4, -0.2) is 36.5 Å². The molecule has 1 aromatic heterocycles. The van der Waals surface area contributed by atoms with Crippen LogP contribution in [0.3, 0.4) is 0 Å². The number of nitrogens with one attached hydrogen (secondary N) is 1. The van der Waals surface area contributed by atoms with Gasteiger partial charge in [-0.3, -0.25) is 9.69 Å². The van der Waals surface area contributed by atoms with E-state index in [-0.39, 0.29) is 35.4 Å². The second kappa shape index (κ2) is 11.4. The number of furan rings is 1. The molecule has 3 amide bonds. The molecule has 11 heteroatoms. The predicted molar refractivity (Wildman–Crippen MR) is 136 cm³/mol. The molecule has 0 atom stereocenters. The minimum atomic E-state index is -0.662. The monoisotopic (exact) mass is 544 g/mol. The van der Waals surface area contributed by atoms with Gasteiger partial charge >= 0.3 is 12.0 Å². The van der Waals surface area contributed by atoms with Gasteiger partial charge in [-0.25, -0.2) is 9.59 Å². The molecule has 1 saturated heterocycles. The second-order valence-electron chi connectivity index (χ2n) is 7.78. The van der Waals surface area contributed by atoms with Crippen LogP contribution in [0.1, 0.15) is 34.4 Å². The molecular formula is C26H22Cl2N2O7. The van der Waals surface area contributed by atoms with E-state index in [1.165, 1.54) is 25.3 Å². The summed E-state index contributed by atoms with van der Waals surface area (Å²) in [5.41, 5.74) is 1.33. The van der Waals surface area contributed by atoms with Crippen molar-refractivity contribution in [1.82, 2.24) is 10.2 Å². The van der Waals surface area contributed by atoms with E-state index in [0.29, 0.717) is 28.7 Å². The van der Waals surface area contributed by atoms with Crippen molar-refractivity contribution in [3.8, 4) is 11.5 Å². The number of hydrogen-bond acceptors (Lipinski definition) is 7. The topological polar surface area (TPSA) is 107 Å². The molecular weight excluding hydrogens is 523 g/mol. The number of methoxy groups -OCH3 is 1. The van der Waals surface area contributed by atoms with Gasteiger partial charge in [0.05, 0.1) is 25.3 Å². The Labute approximate surface area is 222 Å². The van der Waals surface area contributed by atoms with Crippen LogP contribution in [0.5, 0.6) is 11.5 Å². The molecule has 0 unspecified atom stereocenters. The number of imide groups is 1. The summed E-state index contributed by atoms with van der Waals surface area (Å²) in [6.07, 6.45) is 1.48. The van der Waals surface area contributed by atoms with Gasteiger partial charge in [0.2, 0.25) is 5.76 Å². The smallest absolute Gasteiger partial charge is 0.373 e. The van der Waals surface area contributed by atoms with Crippen LogP contribution in [0.4, 0.5) is 4.79 Å². The largest absolute Gasteiger partial charge is 0.490 e. The number of nitrogens with zero attached hydrogens (tertiary/aromatic N) is 1. The Kier molecular flexibility index (Phi) is 8.05. The number of benzene rings is 2. The van der Waals surface area contributed by atoms with E-state index in [1.54, 1.807) is 18.2 Å². The summed E-state index contributed by atoms with van der Waals surface area (Å²) in [4.78, 5) is 37.9. The minimum absolute atomic E-state index is 0.0322. The van der Waals surface area contributed by atoms with Gasteiger partial charge in [0, 0.05) is 10.6 Å². The lowest BCUT2D eigenvalue weighted by Gasteiger charge is -2.15. The highest BCUT2D eigenvalue weighted by atomic mass is 35.5. The van der Waals surface area contributed by atoms with E-state index in [4.69, 9.17) is 37.1 Å².